The second-order valence-electron chi connectivity index (χ2n) is 4.37. The van der Waals surface area contributed by atoms with Gasteiger partial charge in [-0.1, -0.05) is 0 Å². The molecule has 2 rings (SSSR count). The Kier molecular flexibility index (Phi) is 3.29. The Labute approximate surface area is 116 Å². The van der Waals surface area contributed by atoms with E-state index in [-0.39, 0.29) is 18.8 Å². The van der Waals surface area contributed by atoms with Crippen LogP contribution in [0.2, 0.25) is 0 Å². The number of primary amides is 1. The first-order chi connectivity index (χ1) is 9.68. The number of rotatable bonds is 1. The second kappa shape index (κ2) is 4.69. The molecule has 1 aliphatic heterocycles. The Morgan fingerprint density at radius 1 is 1.33 bits per heavy atom. The molecule has 0 saturated heterocycles. The summed E-state index contributed by atoms with van der Waals surface area (Å²) in [5.74, 6) is -1.20. The van der Waals surface area contributed by atoms with Gasteiger partial charge in [0.2, 0.25) is 0 Å². The number of nitriles is 1. The smallest absolute Gasteiger partial charge is 0.432 e. The minimum atomic E-state index is -4.85. The molecule has 10 heteroatoms. The molecule has 3 N–H and O–H groups in total. The molecule has 112 valence electrons. The minimum absolute atomic E-state index is 0.177. The molecule has 0 bridgehead atoms. The van der Waals surface area contributed by atoms with E-state index in [1.807, 2.05) is 0 Å². The molecule has 2 heterocycles. The zero-order chi connectivity index (χ0) is 15.9. The Hall–Kier alpha value is -2.70. The quantitative estimate of drug-likeness (QED) is 0.804. The molecule has 0 atom stereocenters. The fourth-order valence-corrected chi connectivity index (χ4v) is 2.39. The molecule has 7 nitrogen and oxygen atoms in total. The summed E-state index contributed by atoms with van der Waals surface area (Å²) < 4.78 is 40.1. The van der Waals surface area contributed by atoms with Crippen LogP contribution in [0.1, 0.15) is 27.3 Å². The Morgan fingerprint density at radius 2 is 1.95 bits per heavy atom. The fourth-order valence-electron chi connectivity index (χ4n) is 2.39. The van der Waals surface area contributed by atoms with Crippen LogP contribution in [0.15, 0.2) is 0 Å². The number of carbonyl (C=O) groups excluding carboxylic acids is 1. The highest BCUT2D eigenvalue weighted by atomic mass is 19.4. The molecule has 21 heavy (non-hydrogen) atoms. The van der Waals surface area contributed by atoms with Gasteiger partial charge in [-0.2, -0.15) is 18.4 Å². The molecule has 2 amide bonds. The maximum absolute atomic E-state index is 13.1. The summed E-state index contributed by atoms with van der Waals surface area (Å²) in [5.41, 5.74) is 2.15. The molecular formula is C11H9F3N4O3. The molecule has 0 fully saturated rings. The van der Waals surface area contributed by atoms with Gasteiger partial charge < -0.3 is 20.3 Å². The van der Waals surface area contributed by atoms with Crippen molar-refractivity contribution < 1.29 is 27.9 Å². The van der Waals surface area contributed by atoms with Crippen molar-refractivity contribution in [3.8, 4) is 6.07 Å². The van der Waals surface area contributed by atoms with Crippen LogP contribution in [0.4, 0.5) is 18.0 Å². The molecule has 1 aromatic rings. The number of hydrogen-bond donors (Lipinski definition) is 2. The third-order valence-corrected chi connectivity index (χ3v) is 3.20. The molecule has 0 spiro atoms. The molecule has 0 saturated carbocycles. The van der Waals surface area contributed by atoms with Gasteiger partial charge in [-0.3, -0.25) is 4.79 Å². The number of carbonyl (C=O) groups is 2. The topological polar surface area (TPSA) is 112 Å². The van der Waals surface area contributed by atoms with E-state index in [1.165, 1.54) is 6.07 Å². The normalized spacial score (nSPS) is 14.5. The standard InChI is InChI=1S/C11H9F3N4O3/c12-11(13,14)8-5(3-15)7(9(16)19)6-4-17(10(20)21)1-2-18(6)8/h1-2,4H2,(H2,16,19)(H,20,21). The second-order valence-corrected chi connectivity index (χ2v) is 4.37. The molecule has 1 aliphatic rings. The molecular weight excluding hydrogens is 293 g/mol. The zero-order valence-corrected chi connectivity index (χ0v) is 10.4. The lowest BCUT2D eigenvalue weighted by Crippen LogP contribution is -2.38. The fraction of sp³-hybridized carbons (Fsp3) is 0.364. The summed E-state index contributed by atoms with van der Waals surface area (Å²) in [4.78, 5) is 23.2. The van der Waals surface area contributed by atoms with Crippen molar-refractivity contribution in [3.63, 3.8) is 0 Å². The highest BCUT2D eigenvalue weighted by molar-refractivity contribution is 5.97. The van der Waals surface area contributed by atoms with Gasteiger partial charge in [0.05, 0.1) is 23.4 Å². The van der Waals surface area contributed by atoms with Crippen LogP contribution in [0.5, 0.6) is 0 Å². The summed E-state index contributed by atoms with van der Waals surface area (Å²) in [5, 5.41) is 17.8. The van der Waals surface area contributed by atoms with E-state index < -0.39 is 41.5 Å². The Bertz CT molecular complexity index is 672. The summed E-state index contributed by atoms with van der Waals surface area (Å²) in [6.07, 6.45) is -6.18. The summed E-state index contributed by atoms with van der Waals surface area (Å²) in [6, 6.07) is 1.35. The first-order valence-electron chi connectivity index (χ1n) is 5.68. The van der Waals surface area contributed by atoms with Gasteiger partial charge in [0.25, 0.3) is 5.91 Å². The summed E-state index contributed by atoms with van der Waals surface area (Å²) >= 11 is 0. The van der Waals surface area contributed by atoms with Crippen molar-refractivity contribution in [2.45, 2.75) is 19.3 Å². The Balaban J connectivity index is 2.73. The monoisotopic (exact) mass is 302 g/mol. The van der Waals surface area contributed by atoms with Gasteiger partial charge in [-0.05, 0) is 0 Å². The van der Waals surface area contributed by atoms with Crippen LogP contribution >= 0.6 is 0 Å². The van der Waals surface area contributed by atoms with Gasteiger partial charge in [0.1, 0.15) is 11.8 Å². The van der Waals surface area contributed by atoms with E-state index in [0.717, 1.165) is 9.47 Å². The lowest BCUT2D eigenvalue weighted by Gasteiger charge is -2.28. The van der Waals surface area contributed by atoms with Gasteiger partial charge in [-0.25, -0.2) is 4.79 Å². The maximum Gasteiger partial charge on any atom is 0.432 e. The average Bonchev–Trinajstić information content (AvgIpc) is 2.71. The third-order valence-electron chi connectivity index (χ3n) is 3.20. The van der Waals surface area contributed by atoms with E-state index in [1.54, 1.807) is 0 Å². The average molecular weight is 302 g/mol. The van der Waals surface area contributed by atoms with Crippen molar-refractivity contribution >= 4 is 12.0 Å². The van der Waals surface area contributed by atoms with Crippen molar-refractivity contribution in [2.24, 2.45) is 5.73 Å². The molecule has 0 radical (unpaired) electrons. The number of alkyl halides is 3. The van der Waals surface area contributed by atoms with E-state index in [2.05, 4.69) is 0 Å². The number of fused-ring (bicyclic) bond motifs is 1. The lowest BCUT2D eigenvalue weighted by molar-refractivity contribution is -0.144. The summed E-state index contributed by atoms with van der Waals surface area (Å²) in [6.45, 7) is -0.917. The van der Waals surface area contributed by atoms with Gasteiger partial charge in [0.15, 0.2) is 0 Å². The van der Waals surface area contributed by atoms with Crippen LogP contribution in [0, 0.1) is 11.3 Å². The van der Waals surface area contributed by atoms with Gasteiger partial charge >= 0.3 is 12.3 Å². The van der Waals surface area contributed by atoms with E-state index in [4.69, 9.17) is 16.1 Å². The van der Waals surface area contributed by atoms with Gasteiger partial charge in [-0.15, -0.1) is 0 Å². The van der Waals surface area contributed by atoms with Crippen molar-refractivity contribution in [1.29, 1.82) is 5.26 Å². The van der Waals surface area contributed by atoms with E-state index >= 15 is 0 Å². The zero-order valence-electron chi connectivity index (χ0n) is 10.4. The Morgan fingerprint density at radius 3 is 2.38 bits per heavy atom. The number of amides is 2. The first-order valence-corrected chi connectivity index (χ1v) is 5.68. The van der Waals surface area contributed by atoms with Crippen molar-refractivity contribution in [3.05, 3.63) is 22.5 Å². The number of halogens is 3. The number of nitrogens with zero attached hydrogens (tertiary/aromatic N) is 3. The predicted molar refractivity (Wildman–Crippen MR) is 61.1 cm³/mol. The van der Waals surface area contributed by atoms with Crippen molar-refractivity contribution in [1.82, 2.24) is 9.47 Å². The highest BCUT2D eigenvalue weighted by Gasteiger charge is 2.43. The number of nitrogens with two attached hydrogens (primary N) is 1. The number of carboxylic acid groups (broad SMARTS) is 1. The molecule has 1 aromatic heterocycles. The minimum Gasteiger partial charge on any atom is -0.465 e. The van der Waals surface area contributed by atoms with Crippen LogP contribution < -0.4 is 5.73 Å². The SMILES string of the molecule is N#Cc1c(C(N)=O)c2n(c1C(F)(F)F)CCN(C(=O)O)C2. The van der Waals surface area contributed by atoms with Crippen molar-refractivity contribution in [2.75, 3.05) is 6.54 Å². The lowest BCUT2D eigenvalue weighted by atomic mass is 10.1. The van der Waals surface area contributed by atoms with Crippen LogP contribution in [0.25, 0.3) is 0 Å². The predicted octanol–water partition coefficient (Wildman–Crippen LogP) is 0.971. The summed E-state index contributed by atoms with van der Waals surface area (Å²) in [7, 11) is 0. The first kappa shape index (κ1) is 14.7. The van der Waals surface area contributed by atoms with E-state index in [0.29, 0.717) is 0 Å². The van der Waals surface area contributed by atoms with Crippen LogP contribution in [0.3, 0.4) is 0 Å². The largest absolute Gasteiger partial charge is 0.465 e. The molecule has 0 aliphatic carbocycles. The third kappa shape index (κ3) is 2.26. The number of aromatic nitrogens is 1. The highest BCUT2D eigenvalue weighted by Crippen LogP contribution is 2.38. The maximum atomic E-state index is 13.1. The van der Waals surface area contributed by atoms with Crippen LogP contribution in [-0.4, -0.2) is 33.1 Å². The molecule has 0 unspecified atom stereocenters. The van der Waals surface area contributed by atoms with Crippen LogP contribution in [-0.2, 0) is 19.3 Å². The van der Waals surface area contributed by atoms with Gasteiger partial charge in [0, 0.05) is 13.1 Å². The van der Waals surface area contributed by atoms with E-state index in [9.17, 15) is 22.8 Å². The molecule has 0 aromatic carbocycles. The number of hydrogen-bond acceptors (Lipinski definition) is 3.